The highest BCUT2D eigenvalue weighted by Gasteiger charge is 2.27. The zero-order valence-corrected chi connectivity index (χ0v) is 8.81. The molecule has 0 saturated heterocycles. The van der Waals surface area contributed by atoms with Crippen LogP contribution in [0.25, 0.3) is 0 Å². The third kappa shape index (κ3) is 2.21. The average molecular weight is 208 g/mol. The first-order chi connectivity index (χ1) is 7.16. The highest BCUT2D eigenvalue weighted by atomic mass is 16.3. The topological polar surface area (TPSA) is 54.3 Å². The first kappa shape index (κ1) is 10.2. The molecule has 0 spiro atoms. The van der Waals surface area contributed by atoms with E-state index in [-0.39, 0.29) is 12.0 Å². The number of carbonyl (C=O) groups is 1. The van der Waals surface area contributed by atoms with E-state index < -0.39 is 0 Å². The minimum absolute atomic E-state index is 0.0381. The maximum absolute atomic E-state index is 11.7. The van der Waals surface area contributed by atoms with Crippen LogP contribution in [-0.2, 0) is 7.05 Å². The molecular formula is C11H16N2O2. The van der Waals surface area contributed by atoms with E-state index in [1.54, 1.807) is 10.6 Å². The summed E-state index contributed by atoms with van der Waals surface area (Å²) >= 11 is 0. The Hall–Kier alpha value is -1.29. The second-order valence-corrected chi connectivity index (χ2v) is 4.21. The van der Waals surface area contributed by atoms with Gasteiger partial charge in [-0.05, 0) is 30.9 Å². The van der Waals surface area contributed by atoms with E-state index in [0.29, 0.717) is 18.2 Å². The fourth-order valence-electron chi connectivity index (χ4n) is 1.89. The summed E-state index contributed by atoms with van der Waals surface area (Å²) in [6.45, 7) is 0.668. The third-order valence-corrected chi connectivity index (χ3v) is 2.94. The van der Waals surface area contributed by atoms with Crippen LogP contribution in [-0.4, -0.2) is 28.2 Å². The minimum Gasteiger partial charge on any atom is -0.393 e. The van der Waals surface area contributed by atoms with Crippen LogP contribution in [0.2, 0.25) is 0 Å². The quantitative estimate of drug-likeness (QED) is 0.761. The Morgan fingerprint density at radius 2 is 2.40 bits per heavy atom. The van der Waals surface area contributed by atoms with E-state index >= 15 is 0 Å². The summed E-state index contributed by atoms with van der Waals surface area (Å²) in [6.07, 6.45) is 3.32. The Morgan fingerprint density at radius 1 is 1.67 bits per heavy atom. The number of aliphatic hydroxyl groups is 1. The van der Waals surface area contributed by atoms with Crippen molar-refractivity contribution in [3.8, 4) is 0 Å². The number of amides is 1. The van der Waals surface area contributed by atoms with E-state index in [1.807, 2.05) is 19.3 Å². The zero-order valence-electron chi connectivity index (χ0n) is 8.81. The molecule has 0 radical (unpaired) electrons. The summed E-state index contributed by atoms with van der Waals surface area (Å²) in [6, 6.07) is 3.65. The lowest BCUT2D eigenvalue weighted by Gasteiger charge is -2.31. The van der Waals surface area contributed by atoms with Gasteiger partial charge >= 0.3 is 0 Å². The van der Waals surface area contributed by atoms with Gasteiger partial charge in [-0.1, -0.05) is 0 Å². The van der Waals surface area contributed by atoms with Crippen LogP contribution >= 0.6 is 0 Å². The second-order valence-electron chi connectivity index (χ2n) is 4.21. The number of hydrogen-bond donors (Lipinski definition) is 2. The molecule has 4 heteroatoms. The molecule has 0 aromatic carbocycles. The number of nitrogens with zero attached hydrogens (tertiary/aromatic N) is 1. The lowest BCUT2D eigenvalue weighted by atomic mass is 9.82. The molecule has 1 aromatic rings. The molecule has 15 heavy (non-hydrogen) atoms. The van der Waals surface area contributed by atoms with Crippen LogP contribution in [0.4, 0.5) is 0 Å². The molecule has 1 aromatic heterocycles. The van der Waals surface area contributed by atoms with Crippen LogP contribution in [0.15, 0.2) is 18.3 Å². The maximum Gasteiger partial charge on any atom is 0.267 e. The molecule has 0 atom stereocenters. The van der Waals surface area contributed by atoms with Gasteiger partial charge in [-0.25, -0.2) is 0 Å². The molecule has 1 saturated carbocycles. The zero-order chi connectivity index (χ0) is 10.8. The molecule has 1 amide bonds. The number of aliphatic hydroxyl groups excluding tert-OH is 1. The van der Waals surface area contributed by atoms with Gasteiger partial charge in [0.05, 0.1) is 6.10 Å². The van der Waals surface area contributed by atoms with Crippen molar-refractivity contribution in [3.05, 3.63) is 24.0 Å². The fraction of sp³-hybridized carbons (Fsp3) is 0.545. The largest absolute Gasteiger partial charge is 0.393 e. The van der Waals surface area contributed by atoms with E-state index in [4.69, 9.17) is 5.11 Å². The normalized spacial score (nSPS) is 24.7. The Bertz CT molecular complexity index is 353. The summed E-state index contributed by atoms with van der Waals surface area (Å²) in [4.78, 5) is 11.7. The van der Waals surface area contributed by atoms with Crippen molar-refractivity contribution >= 4 is 5.91 Å². The molecule has 2 N–H and O–H groups in total. The van der Waals surface area contributed by atoms with Crippen LogP contribution in [0.1, 0.15) is 23.3 Å². The Labute approximate surface area is 88.9 Å². The lowest BCUT2D eigenvalue weighted by molar-refractivity contribution is 0.0419. The van der Waals surface area contributed by atoms with Crippen LogP contribution in [0.5, 0.6) is 0 Å². The molecule has 1 aliphatic carbocycles. The monoisotopic (exact) mass is 208 g/mol. The van der Waals surface area contributed by atoms with Gasteiger partial charge in [0.15, 0.2) is 0 Å². The summed E-state index contributed by atoms with van der Waals surface area (Å²) in [5.41, 5.74) is 0.676. The van der Waals surface area contributed by atoms with Gasteiger partial charge in [-0.2, -0.15) is 0 Å². The van der Waals surface area contributed by atoms with Crippen LogP contribution in [0, 0.1) is 5.92 Å². The SMILES string of the molecule is Cn1cccc1C(=O)NCC1CC(O)C1. The van der Waals surface area contributed by atoms with Crippen molar-refractivity contribution in [1.29, 1.82) is 0 Å². The first-order valence-electron chi connectivity index (χ1n) is 5.24. The van der Waals surface area contributed by atoms with Gasteiger partial charge in [0.25, 0.3) is 5.91 Å². The predicted octanol–water partition coefficient (Wildman–Crippen LogP) is 0.526. The molecule has 0 unspecified atom stereocenters. The van der Waals surface area contributed by atoms with Crippen molar-refractivity contribution < 1.29 is 9.90 Å². The van der Waals surface area contributed by atoms with Crippen molar-refractivity contribution in [2.24, 2.45) is 13.0 Å². The van der Waals surface area contributed by atoms with E-state index in [2.05, 4.69) is 5.32 Å². The number of aryl methyl sites for hydroxylation is 1. The van der Waals surface area contributed by atoms with Gasteiger partial charge < -0.3 is 15.0 Å². The third-order valence-electron chi connectivity index (χ3n) is 2.94. The van der Waals surface area contributed by atoms with Crippen molar-refractivity contribution in [2.75, 3.05) is 6.54 Å². The van der Waals surface area contributed by atoms with Gasteiger partial charge in [0, 0.05) is 19.8 Å². The molecule has 4 nitrogen and oxygen atoms in total. The molecule has 2 rings (SSSR count). The summed E-state index contributed by atoms with van der Waals surface area (Å²) in [5.74, 6) is 0.410. The molecule has 1 aliphatic rings. The van der Waals surface area contributed by atoms with Crippen molar-refractivity contribution in [1.82, 2.24) is 9.88 Å². The minimum atomic E-state index is -0.151. The Morgan fingerprint density at radius 3 is 2.93 bits per heavy atom. The molecule has 0 bridgehead atoms. The Balaban J connectivity index is 1.80. The smallest absolute Gasteiger partial charge is 0.267 e. The second kappa shape index (κ2) is 4.06. The average Bonchev–Trinajstić information content (AvgIpc) is 2.57. The van der Waals surface area contributed by atoms with Crippen molar-refractivity contribution in [3.63, 3.8) is 0 Å². The van der Waals surface area contributed by atoms with Crippen LogP contribution < -0.4 is 5.32 Å². The number of aromatic nitrogens is 1. The van der Waals surface area contributed by atoms with Crippen molar-refractivity contribution in [2.45, 2.75) is 18.9 Å². The standard InChI is InChI=1S/C11H16N2O2/c1-13-4-2-3-10(13)11(15)12-7-8-5-9(14)6-8/h2-4,8-9,14H,5-7H2,1H3,(H,12,15). The maximum atomic E-state index is 11.7. The van der Waals surface area contributed by atoms with Gasteiger partial charge in [-0.15, -0.1) is 0 Å². The van der Waals surface area contributed by atoms with E-state index in [9.17, 15) is 4.79 Å². The van der Waals surface area contributed by atoms with Crippen LogP contribution in [0.3, 0.4) is 0 Å². The van der Waals surface area contributed by atoms with Gasteiger partial charge in [-0.3, -0.25) is 4.79 Å². The summed E-state index contributed by atoms with van der Waals surface area (Å²) in [7, 11) is 1.85. The van der Waals surface area contributed by atoms with E-state index in [0.717, 1.165) is 12.8 Å². The molecule has 1 fully saturated rings. The highest BCUT2D eigenvalue weighted by molar-refractivity contribution is 5.92. The van der Waals surface area contributed by atoms with Gasteiger partial charge in [0.1, 0.15) is 5.69 Å². The first-order valence-corrected chi connectivity index (χ1v) is 5.24. The summed E-state index contributed by atoms with van der Waals surface area (Å²) < 4.78 is 1.80. The molecule has 1 heterocycles. The number of hydrogen-bond acceptors (Lipinski definition) is 2. The number of carbonyl (C=O) groups excluding carboxylic acids is 1. The van der Waals surface area contributed by atoms with E-state index in [1.165, 1.54) is 0 Å². The fourth-order valence-corrected chi connectivity index (χ4v) is 1.89. The summed E-state index contributed by atoms with van der Waals surface area (Å²) in [5, 5.41) is 12.0. The molecular weight excluding hydrogens is 192 g/mol. The molecule has 82 valence electrons. The molecule has 0 aliphatic heterocycles. The lowest BCUT2D eigenvalue weighted by Crippen LogP contribution is -2.38. The Kier molecular flexibility index (Phi) is 2.77. The number of nitrogens with one attached hydrogen (secondary N) is 1. The number of rotatable bonds is 3. The highest BCUT2D eigenvalue weighted by Crippen LogP contribution is 2.26. The predicted molar refractivity (Wildman–Crippen MR) is 56.5 cm³/mol. The van der Waals surface area contributed by atoms with Gasteiger partial charge in [0.2, 0.25) is 0 Å².